The largest absolute Gasteiger partial charge is 0.301 e. The zero-order chi connectivity index (χ0) is 27.6. The fraction of sp³-hybridized carbons (Fsp3) is 0.167. The van der Waals surface area contributed by atoms with Crippen LogP contribution in [-0.4, -0.2) is 11.6 Å². The molecule has 3 aliphatic rings. The van der Waals surface area contributed by atoms with Gasteiger partial charge in [-0.1, -0.05) is 88.4 Å². The van der Waals surface area contributed by atoms with E-state index in [0.29, 0.717) is 11.1 Å². The van der Waals surface area contributed by atoms with Crippen LogP contribution >= 0.6 is 11.3 Å². The van der Waals surface area contributed by atoms with Crippen LogP contribution in [0.2, 0.25) is 0 Å². The first kappa shape index (κ1) is 23.6. The van der Waals surface area contributed by atoms with Gasteiger partial charge in [-0.05, 0) is 63.4 Å². The van der Waals surface area contributed by atoms with E-state index >= 15 is 0 Å². The molecule has 0 spiro atoms. The number of Topliss-reactive ketones (excluding diaryl/α,β-unsaturated/α-hetero) is 2. The number of nitrogens with zero attached hydrogens (tertiary/aromatic N) is 1. The highest BCUT2D eigenvalue weighted by atomic mass is 32.1. The molecule has 5 aromatic rings. The predicted octanol–water partition coefficient (Wildman–Crippen LogP) is 9.11. The molecule has 1 aromatic heterocycles. The van der Waals surface area contributed by atoms with E-state index in [-0.39, 0.29) is 28.0 Å². The maximum Gasteiger partial charge on any atom is 0.197 e. The minimum Gasteiger partial charge on any atom is -0.301 e. The number of ketones is 2. The predicted molar refractivity (Wildman–Crippen MR) is 164 cm³/mol. The van der Waals surface area contributed by atoms with Crippen molar-refractivity contribution in [2.75, 3.05) is 4.90 Å². The highest BCUT2D eigenvalue weighted by Gasteiger charge is 2.46. The quantitative estimate of drug-likeness (QED) is 0.158. The van der Waals surface area contributed by atoms with Gasteiger partial charge < -0.3 is 4.90 Å². The van der Waals surface area contributed by atoms with Crippen molar-refractivity contribution < 1.29 is 9.59 Å². The van der Waals surface area contributed by atoms with E-state index in [4.69, 9.17) is 0 Å². The summed E-state index contributed by atoms with van der Waals surface area (Å²) in [4.78, 5) is 30.4. The Balaban J connectivity index is 1.32. The third-order valence-electron chi connectivity index (χ3n) is 9.18. The van der Waals surface area contributed by atoms with Crippen molar-refractivity contribution in [3.05, 3.63) is 129 Å². The molecule has 4 aromatic carbocycles. The molecule has 194 valence electrons. The van der Waals surface area contributed by atoms with E-state index in [9.17, 15) is 9.59 Å². The van der Waals surface area contributed by atoms with E-state index in [1.54, 1.807) is 11.3 Å². The average molecular weight is 538 g/mol. The number of anilines is 3. The lowest BCUT2D eigenvalue weighted by molar-refractivity contribution is 0.0990. The van der Waals surface area contributed by atoms with E-state index in [0.717, 1.165) is 20.7 Å². The van der Waals surface area contributed by atoms with Crippen LogP contribution in [0.25, 0.3) is 16.8 Å². The number of benzene rings is 4. The standard InChI is InChI=1S/C36H27NO2S/c1-35(2)26-12-7-8-15-30(26)37-31-27(35)13-9-14-28(31)36(3,4)29-19-22(40-34(29)37)18-25-32(38)23-16-20-10-5-6-11-21(20)17-24(23)33(25)39/h5-19H,1-4H3. The van der Waals surface area contributed by atoms with Crippen LogP contribution in [0.1, 0.15) is 75.5 Å². The summed E-state index contributed by atoms with van der Waals surface area (Å²) in [6.07, 6.45) is 1.82. The lowest BCUT2D eigenvalue weighted by atomic mass is 9.67. The minimum atomic E-state index is -0.239. The molecule has 1 aliphatic carbocycles. The SMILES string of the molecule is CC1(C)c2ccccc2N2c3sc(C=C4C(=O)c5cc6ccccc6cc5C4=O)cc3C(C)(C)c3cccc1c32. The highest BCUT2D eigenvalue weighted by molar-refractivity contribution is 7.17. The zero-order valence-electron chi connectivity index (χ0n) is 22.8. The Bertz CT molecular complexity index is 1950. The molecule has 3 nitrogen and oxygen atoms in total. The van der Waals surface area contributed by atoms with Gasteiger partial charge in [-0.25, -0.2) is 0 Å². The van der Waals surface area contributed by atoms with Crippen molar-refractivity contribution in [2.45, 2.75) is 38.5 Å². The number of hydrogen-bond donors (Lipinski definition) is 0. The molecule has 0 unspecified atom stereocenters. The minimum absolute atomic E-state index is 0.133. The summed E-state index contributed by atoms with van der Waals surface area (Å²) in [7, 11) is 0. The summed E-state index contributed by atoms with van der Waals surface area (Å²) in [5.41, 5.74) is 8.45. The van der Waals surface area contributed by atoms with Gasteiger partial charge in [-0.3, -0.25) is 9.59 Å². The first-order valence-electron chi connectivity index (χ1n) is 13.7. The van der Waals surface area contributed by atoms with Gasteiger partial charge >= 0.3 is 0 Å². The third kappa shape index (κ3) is 2.89. The molecule has 0 amide bonds. The van der Waals surface area contributed by atoms with Crippen molar-refractivity contribution in [1.29, 1.82) is 0 Å². The molecule has 0 atom stereocenters. The third-order valence-corrected chi connectivity index (χ3v) is 10.3. The summed E-state index contributed by atoms with van der Waals surface area (Å²) >= 11 is 1.66. The van der Waals surface area contributed by atoms with Gasteiger partial charge in [0.05, 0.1) is 16.9 Å². The molecule has 4 heteroatoms. The molecule has 40 heavy (non-hydrogen) atoms. The molecule has 3 heterocycles. The summed E-state index contributed by atoms with van der Waals surface area (Å²) in [6.45, 7) is 9.18. The lowest BCUT2D eigenvalue weighted by Crippen LogP contribution is -2.37. The lowest BCUT2D eigenvalue weighted by Gasteiger charge is -2.48. The Morgan fingerprint density at radius 2 is 1.20 bits per heavy atom. The molecule has 8 rings (SSSR count). The van der Waals surface area contributed by atoms with Crippen molar-refractivity contribution in [3.63, 3.8) is 0 Å². The Labute approximate surface area is 237 Å². The van der Waals surface area contributed by atoms with Crippen molar-refractivity contribution in [1.82, 2.24) is 0 Å². The van der Waals surface area contributed by atoms with Gasteiger partial charge in [-0.15, -0.1) is 11.3 Å². The van der Waals surface area contributed by atoms with E-state index in [1.165, 1.54) is 33.6 Å². The Morgan fingerprint density at radius 3 is 1.85 bits per heavy atom. The molecule has 0 fully saturated rings. The van der Waals surface area contributed by atoms with Crippen molar-refractivity contribution in [2.24, 2.45) is 0 Å². The van der Waals surface area contributed by atoms with E-state index < -0.39 is 0 Å². The van der Waals surface area contributed by atoms with Gasteiger partial charge in [0, 0.05) is 26.8 Å². The first-order chi connectivity index (χ1) is 19.2. The highest BCUT2D eigenvalue weighted by Crippen LogP contribution is 2.61. The number of hydrogen-bond acceptors (Lipinski definition) is 4. The van der Waals surface area contributed by atoms with E-state index in [1.807, 2.05) is 42.5 Å². The van der Waals surface area contributed by atoms with E-state index in [2.05, 4.69) is 81.1 Å². The number of carbonyl (C=O) groups is 2. The zero-order valence-corrected chi connectivity index (χ0v) is 23.6. The molecule has 0 saturated carbocycles. The monoisotopic (exact) mass is 537 g/mol. The number of rotatable bonds is 1. The summed E-state index contributed by atoms with van der Waals surface area (Å²) in [6, 6.07) is 29.1. The maximum atomic E-state index is 13.5. The number of thiophene rings is 1. The van der Waals surface area contributed by atoms with Crippen LogP contribution < -0.4 is 4.90 Å². The smallest absolute Gasteiger partial charge is 0.197 e. The van der Waals surface area contributed by atoms with Crippen molar-refractivity contribution >= 4 is 56.1 Å². The second-order valence-corrected chi connectivity index (χ2v) is 13.2. The number of carbonyl (C=O) groups excluding carboxylic acids is 2. The van der Waals surface area contributed by atoms with Crippen LogP contribution in [0, 0.1) is 0 Å². The molecule has 0 bridgehead atoms. The molecular formula is C36H27NO2S. The van der Waals surface area contributed by atoms with Crippen LogP contribution in [-0.2, 0) is 10.8 Å². The van der Waals surface area contributed by atoms with Gasteiger partial charge in [0.25, 0.3) is 0 Å². The number of allylic oxidation sites excluding steroid dienone is 1. The Kier molecular flexibility index (Phi) is 4.53. The van der Waals surface area contributed by atoms with Crippen LogP contribution in [0.3, 0.4) is 0 Å². The Morgan fingerprint density at radius 1 is 0.650 bits per heavy atom. The molecule has 0 N–H and O–H groups in total. The average Bonchev–Trinajstić information content (AvgIpc) is 3.47. The van der Waals surface area contributed by atoms with Gasteiger partial charge in [0.15, 0.2) is 11.6 Å². The first-order valence-corrected chi connectivity index (χ1v) is 14.5. The second-order valence-electron chi connectivity index (χ2n) is 12.1. The number of fused-ring (bicyclic) bond motifs is 6. The fourth-order valence-electron chi connectivity index (χ4n) is 6.98. The summed E-state index contributed by atoms with van der Waals surface area (Å²) < 4.78 is 0. The normalized spacial score (nSPS) is 17.4. The molecule has 0 saturated heterocycles. The molecule has 2 aliphatic heterocycles. The van der Waals surface area contributed by atoms with Gasteiger partial charge in [-0.2, -0.15) is 0 Å². The van der Waals surface area contributed by atoms with Gasteiger partial charge in [0.2, 0.25) is 0 Å². The second kappa shape index (κ2) is 7.67. The van der Waals surface area contributed by atoms with Crippen LogP contribution in [0.5, 0.6) is 0 Å². The summed E-state index contributed by atoms with van der Waals surface area (Å²) in [5.74, 6) is -0.376. The summed E-state index contributed by atoms with van der Waals surface area (Å²) in [5, 5.41) is 3.09. The topological polar surface area (TPSA) is 37.4 Å². The Hall–Kier alpha value is -4.28. The fourth-order valence-corrected chi connectivity index (χ4v) is 8.26. The van der Waals surface area contributed by atoms with Crippen molar-refractivity contribution in [3.8, 4) is 0 Å². The van der Waals surface area contributed by atoms with Crippen LogP contribution in [0.4, 0.5) is 16.4 Å². The number of para-hydroxylation sites is 2. The molecule has 0 radical (unpaired) electrons. The molecular weight excluding hydrogens is 510 g/mol. The van der Waals surface area contributed by atoms with Gasteiger partial charge in [0.1, 0.15) is 5.00 Å². The maximum absolute atomic E-state index is 13.5. The van der Waals surface area contributed by atoms with Crippen LogP contribution in [0.15, 0.2) is 90.5 Å².